The molecule has 1 fully saturated rings. The van der Waals surface area contributed by atoms with Crippen molar-refractivity contribution in [2.24, 2.45) is 5.73 Å². The summed E-state index contributed by atoms with van der Waals surface area (Å²) in [6.07, 6.45) is -0.217. The number of carbonyl (C=O) groups is 2. The third kappa shape index (κ3) is 8.51. The molecule has 2 aliphatic rings. The molecule has 10 heteroatoms. The number of fused-ring (bicyclic) bond motifs is 3. The Hall–Kier alpha value is -5.52. The summed E-state index contributed by atoms with van der Waals surface area (Å²) in [5.41, 5.74) is 11.5. The lowest BCUT2D eigenvalue weighted by atomic mass is 9.80. The lowest BCUT2D eigenvalue weighted by Crippen LogP contribution is -2.54. The van der Waals surface area contributed by atoms with E-state index < -0.39 is 29.9 Å². The van der Waals surface area contributed by atoms with Crippen LogP contribution in [0.4, 0.5) is 4.79 Å². The molecule has 0 spiro atoms. The van der Waals surface area contributed by atoms with Crippen molar-refractivity contribution in [2.45, 2.75) is 61.9 Å². The van der Waals surface area contributed by atoms with Crippen LogP contribution in [0.25, 0.3) is 11.1 Å². The van der Waals surface area contributed by atoms with Gasteiger partial charge >= 0.3 is 6.09 Å². The van der Waals surface area contributed by atoms with E-state index in [1.54, 1.807) is 14.2 Å². The molecule has 5 aromatic carbocycles. The van der Waals surface area contributed by atoms with Crippen molar-refractivity contribution in [3.05, 3.63) is 155 Å². The molecule has 3 N–H and O–H groups in total. The molecule has 58 heavy (non-hydrogen) atoms. The van der Waals surface area contributed by atoms with E-state index in [2.05, 4.69) is 24.3 Å². The van der Waals surface area contributed by atoms with Crippen LogP contribution in [0.15, 0.2) is 127 Å². The predicted molar refractivity (Wildman–Crippen MR) is 222 cm³/mol. The average Bonchev–Trinajstić information content (AvgIpc) is 3.59. The van der Waals surface area contributed by atoms with Gasteiger partial charge in [-0.1, -0.05) is 110 Å². The Kier molecular flexibility index (Phi) is 13.2. The molecular formula is C48H52N2O8. The SMILES string of the molecule is COc1ccc(C(OC[C@H]2OC[C@@H](N(C(=O)CCCCCN)C(=O)OCC3c4ccccc4-c4ccccc43)C[C@H]2O)(c2ccccc2)c2ccc(OC)cc2)cc1. The molecule has 7 rings (SSSR count). The summed E-state index contributed by atoms with van der Waals surface area (Å²) in [7, 11) is 3.25. The number of nitrogens with two attached hydrogens (primary N) is 1. The van der Waals surface area contributed by atoms with Gasteiger partial charge in [0.1, 0.15) is 29.8 Å². The Balaban J connectivity index is 1.11. The van der Waals surface area contributed by atoms with Crippen LogP contribution in [-0.2, 0) is 24.6 Å². The van der Waals surface area contributed by atoms with Crippen molar-refractivity contribution in [2.75, 3.05) is 40.6 Å². The average molecular weight is 785 g/mol. The molecule has 1 aliphatic carbocycles. The summed E-state index contributed by atoms with van der Waals surface area (Å²) in [6.45, 7) is 0.597. The first-order valence-electron chi connectivity index (χ1n) is 20.0. The largest absolute Gasteiger partial charge is 0.497 e. The van der Waals surface area contributed by atoms with Gasteiger partial charge in [0.25, 0.3) is 0 Å². The van der Waals surface area contributed by atoms with Crippen LogP contribution in [-0.4, -0.2) is 80.8 Å². The normalized spacial score (nSPS) is 17.6. The number of hydrogen-bond acceptors (Lipinski definition) is 9. The Labute approximate surface area is 340 Å². The number of ether oxygens (including phenoxy) is 5. The maximum absolute atomic E-state index is 14.0. The Morgan fingerprint density at radius 2 is 1.28 bits per heavy atom. The zero-order chi connectivity index (χ0) is 40.5. The van der Waals surface area contributed by atoms with Gasteiger partial charge < -0.3 is 34.5 Å². The summed E-state index contributed by atoms with van der Waals surface area (Å²) in [5, 5.41) is 11.7. The van der Waals surface area contributed by atoms with Crippen molar-refractivity contribution in [1.29, 1.82) is 0 Å². The minimum Gasteiger partial charge on any atom is -0.497 e. The zero-order valence-electron chi connectivity index (χ0n) is 33.1. The second-order valence-corrected chi connectivity index (χ2v) is 14.8. The van der Waals surface area contributed by atoms with Crippen LogP contribution in [0, 0.1) is 0 Å². The molecule has 5 aromatic rings. The summed E-state index contributed by atoms with van der Waals surface area (Å²) in [4.78, 5) is 29.1. The number of amides is 2. The van der Waals surface area contributed by atoms with Crippen LogP contribution < -0.4 is 15.2 Å². The van der Waals surface area contributed by atoms with Gasteiger partial charge in [-0.2, -0.15) is 0 Å². The molecule has 2 amide bonds. The van der Waals surface area contributed by atoms with Crippen LogP contribution in [0.3, 0.4) is 0 Å². The van der Waals surface area contributed by atoms with Gasteiger partial charge in [-0.15, -0.1) is 0 Å². The van der Waals surface area contributed by atoms with E-state index in [0.29, 0.717) is 24.5 Å². The Morgan fingerprint density at radius 3 is 1.83 bits per heavy atom. The molecule has 0 saturated carbocycles. The molecule has 1 heterocycles. The molecule has 0 bridgehead atoms. The standard InChI is InChI=1S/C48H52N2O8/c1-54-37-24-20-34(21-25-37)48(33-13-5-3-6-14-33,35-22-26-38(55-2)27-23-35)58-32-45-44(51)29-36(30-56-45)50(46(52)19-7-4-12-28-49)47(53)57-31-43-41-17-10-8-15-39(41)40-16-9-11-18-42(40)43/h3,5-6,8-11,13-18,20-27,36,43-45,51H,4,7,12,19,28-32,49H2,1-2H3/t36-,44+,45+/m0/s1. The molecule has 0 aromatic heterocycles. The molecule has 0 unspecified atom stereocenters. The highest BCUT2D eigenvalue weighted by molar-refractivity contribution is 5.92. The van der Waals surface area contributed by atoms with E-state index >= 15 is 0 Å². The number of rotatable bonds is 16. The minimum absolute atomic E-state index is 0.00117. The maximum atomic E-state index is 14.0. The van der Waals surface area contributed by atoms with Gasteiger partial charge in [-0.25, -0.2) is 9.69 Å². The Bertz CT molecular complexity index is 2030. The quantitative estimate of drug-likeness (QED) is 0.0760. The Morgan fingerprint density at radius 1 is 0.724 bits per heavy atom. The van der Waals surface area contributed by atoms with Crippen LogP contribution in [0.2, 0.25) is 0 Å². The van der Waals surface area contributed by atoms with Crippen molar-refractivity contribution >= 4 is 12.0 Å². The molecule has 1 saturated heterocycles. The monoisotopic (exact) mass is 784 g/mol. The van der Waals surface area contributed by atoms with Gasteiger partial charge in [-0.05, 0) is 89.0 Å². The van der Waals surface area contributed by atoms with Crippen LogP contribution >= 0.6 is 0 Å². The molecule has 10 nitrogen and oxygen atoms in total. The van der Waals surface area contributed by atoms with E-state index in [0.717, 1.165) is 51.8 Å². The van der Waals surface area contributed by atoms with E-state index in [9.17, 15) is 14.7 Å². The van der Waals surface area contributed by atoms with E-state index in [1.165, 1.54) is 4.90 Å². The van der Waals surface area contributed by atoms with Crippen molar-refractivity contribution in [3.8, 4) is 22.6 Å². The fourth-order valence-electron chi connectivity index (χ4n) is 8.30. The number of hydrogen-bond donors (Lipinski definition) is 2. The summed E-state index contributed by atoms with van der Waals surface area (Å²) < 4.78 is 30.3. The second-order valence-electron chi connectivity index (χ2n) is 14.8. The smallest absolute Gasteiger partial charge is 0.416 e. The van der Waals surface area contributed by atoms with Crippen molar-refractivity contribution in [3.63, 3.8) is 0 Å². The predicted octanol–water partition coefficient (Wildman–Crippen LogP) is 7.83. The lowest BCUT2D eigenvalue weighted by Gasteiger charge is -2.41. The zero-order valence-corrected chi connectivity index (χ0v) is 33.1. The first-order valence-corrected chi connectivity index (χ1v) is 20.0. The maximum Gasteiger partial charge on any atom is 0.416 e. The number of methoxy groups -OCH3 is 2. The van der Waals surface area contributed by atoms with Gasteiger partial charge in [0.05, 0.1) is 39.6 Å². The summed E-state index contributed by atoms with van der Waals surface area (Å²) >= 11 is 0. The van der Waals surface area contributed by atoms with E-state index in [4.69, 9.17) is 29.4 Å². The number of benzene rings is 5. The first-order chi connectivity index (χ1) is 28.4. The number of imide groups is 1. The van der Waals surface area contributed by atoms with Crippen LogP contribution in [0.1, 0.15) is 65.8 Å². The van der Waals surface area contributed by atoms with Crippen molar-refractivity contribution in [1.82, 2.24) is 4.90 Å². The number of aliphatic hydroxyl groups is 1. The first kappa shape index (κ1) is 40.7. The highest BCUT2D eigenvalue weighted by Crippen LogP contribution is 2.45. The summed E-state index contributed by atoms with van der Waals surface area (Å²) in [5.74, 6) is 0.862. The fraction of sp³-hybridized carbons (Fsp3) is 0.333. The molecule has 0 radical (unpaired) electrons. The highest BCUT2D eigenvalue weighted by atomic mass is 16.6. The fourth-order valence-corrected chi connectivity index (χ4v) is 8.30. The topological polar surface area (TPSA) is 130 Å². The van der Waals surface area contributed by atoms with Gasteiger partial charge in [0, 0.05) is 12.3 Å². The molecule has 1 aliphatic heterocycles. The highest BCUT2D eigenvalue weighted by Gasteiger charge is 2.43. The number of nitrogens with zero attached hydrogens (tertiary/aromatic N) is 1. The van der Waals surface area contributed by atoms with Crippen molar-refractivity contribution < 1.29 is 38.4 Å². The number of unbranched alkanes of at least 4 members (excludes halogenated alkanes) is 2. The molecule has 302 valence electrons. The van der Waals surface area contributed by atoms with Crippen LogP contribution in [0.5, 0.6) is 11.5 Å². The number of carbonyl (C=O) groups excluding carboxylic acids is 2. The third-order valence-electron chi connectivity index (χ3n) is 11.3. The van der Waals surface area contributed by atoms with E-state index in [1.807, 2.05) is 103 Å². The minimum atomic E-state index is -1.12. The van der Waals surface area contributed by atoms with Gasteiger partial charge in [0.2, 0.25) is 5.91 Å². The van der Waals surface area contributed by atoms with Gasteiger partial charge in [-0.3, -0.25) is 4.79 Å². The van der Waals surface area contributed by atoms with E-state index in [-0.39, 0.29) is 44.5 Å². The molecular weight excluding hydrogens is 733 g/mol. The third-order valence-corrected chi connectivity index (χ3v) is 11.3. The second kappa shape index (κ2) is 18.8. The molecule has 3 atom stereocenters. The van der Waals surface area contributed by atoms with Gasteiger partial charge in [0.15, 0.2) is 0 Å². The lowest BCUT2D eigenvalue weighted by molar-refractivity contribution is -0.156. The summed E-state index contributed by atoms with van der Waals surface area (Å²) in [6, 6.07) is 40.8. The number of aliphatic hydroxyl groups excluding tert-OH is 1.